The fraction of sp³-hybridized carbons (Fsp3) is 1.00. The minimum atomic E-state index is -4.64. The molecule has 1 aliphatic carbocycles. The average Bonchev–Trinajstić information content (AvgIpc) is 2.36. The Morgan fingerprint density at radius 1 is 1.09 bits per heavy atom. The van der Waals surface area contributed by atoms with Crippen molar-refractivity contribution in [1.82, 2.24) is 0 Å². The van der Waals surface area contributed by atoms with Gasteiger partial charge in [-0.1, -0.05) is 46.0 Å². The zero-order chi connectivity index (χ0) is 17.3. The number of aliphatic hydroxyl groups is 2. The van der Waals surface area contributed by atoms with E-state index in [1.165, 1.54) is 32.1 Å². The fourth-order valence-corrected chi connectivity index (χ4v) is 2.85. The molecule has 3 atom stereocenters. The molecule has 22 heavy (non-hydrogen) atoms. The first-order chi connectivity index (χ1) is 10.0. The van der Waals surface area contributed by atoms with Crippen LogP contribution in [0.15, 0.2) is 0 Å². The van der Waals surface area contributed by atoms with E-state index < -0.39 is 20.0 Å². The second kappa shape index (κ2) is 10.7. The molecular formula is C14H32NO6P. The van der Waals surface area contributed by atoms with Crippen LogP contribution in [0.25, 0.3) is 0 Å². The molecule has 134 valence electrons. The van der Waals surface area contributed by atoms with E-state index in [1.54, 1.807) is 0 Å². The van der Waals surface area contributed by atoms with Crippen LogP contribution in [0.2, 0.25) is 0 Å². The number of aliphatic hydroxyl groups excluding tert-OH is 2. The Kier molecular flexibility index (Phi) is 10.7. The highest BCUT2D eigenvalue weighted by atomic mass is 31.2. The normalized spacial score (nSPS) is 21.0. The Morgan fingerprint density at radius 2 is 1.55 bits per heavy atom. The quantitative estimate of drug-likeness (QED) is 0.397. The molecule has 0 aromatic heterocycles. The van der Waals surface area contributed by atoms with Crippen LogP contribution in [-0.2, 0) is 4.57 Å². The lowest BCUT2D eigenvalue weighted by Gasteiger charge is -2.29. The van der Waals surface area contributed by atoms with Crippen molar-refractivity contribution in [2.24, 2.45) is 17.6 Å². The minimum Gasteiger partial charge on any atom is -0.390 e. The molecule has 8 heteroatoms. The number of hydrogen-bond acceptors (Lipinski definition) is 4. The summed E-state index contributed by atoms with van der Waals surface area (Å²) >= 11 is 0. The lowest BCUT2D eigenvalue weighted by Crippen LogP contribution is -2.44. The number of hydrogen-bond donors (Lipinski definition) is 6. The Bertz CT molecular complexity index is 321. The first-order valence-electron chi connectivity index (χ1n) is 7.90. The number of phosphoric acid groups is 1. The highest BCUT2D eigenvalue weighted by Gasteiger charge is 2.26. The van der Waals surface area contributed by atoms with Gasteiger partial charge in [0.05, 0.1) is 12.2 Å². The molecule has 0 radical (unpaired) electrons. The van der Waals surface area contributed by atoms with Gasteiger partial charge in [0.2, 0.25) is 0 Å². The van der Waals surface area contributed by atoms with Crippen LogP contribution >= 0.6 is 7.82 Å². The first-order valence-corrected chi connectivity index (χ1v) is 9.47. The number of rotatable bonds is 6. The summed E-state index contributed by atoms with van der Waals surface area (Å²) in [6.07, 6.45) is 6.44. The zero-order valence-corrected chi connectivity index (χ0v) is 14.4. The Morgan fingerprint density at radius 3 is 1.95 bits per heavy atom. The molecule has 7 nitrogen and oxygen atoms in total. The summed E-state index contributed by atoms with van der Waals surface area (Å²) in [5.74, 6) is 1.04. The van der Waals surface area contributed by atoms with E-state index in [2.05, 4.69) is 0 Å². The monoisotopic (exact) mass is 341 g/mol. The van der Waals surface area contributed by atoms with Gasteiger partial charge in [0.1, 0.15) is 0 Å². The van der Waals surface area contributed by atoms with Gasteiger partial charge in [-0.2, -0.15) is 0 Å². The minimum absolute atomic E-state index is 0.271. The molecule has 0 aromatic carbocycles. The fourth-order valence-electron chi connectivity index (χ4n) is 2.85. The van der Waals surface area contributed by atoms with Crippen molar-refractivity contribution in [2.75, 3.05) is 0 Å². The Hall–Kier alpha value is -0.0100. The highest BCUT2D eigenvalue weighted by Crippen LogP contribution is 2.28. The Balaban J connectivity index is 0.000000763. The van der Waals surface area contributed by atoms with Crippen molar-refractivity contribution in [3.63, 3.8) is 0 Å². The molecule has 0 unspecified atom stereocenters. The third kappa shape index (κ3) is 12.5. The van der Waals surface area contributed by atoms with E-state index in [-0.39, 0.29) is 6.04 Å². The van der Waals surface area contributed by atoms with E-state index in [9.17, 15) is 10.2 Å². The van der Waals surface area contributed by atoms with Gasteiger partial charge in [-0.05, 0) is 24.7 Å². The van der Waals surface area contributed by atoms with Crippen molar-refractivity contribution in [3.8, 4) is 0 Å². The number of nitrogens with two attached hydrogens (primary N) is 1. The van der Waals surface area contributed by atoms with Gasteiger partial charge in [0, 0.05) is 6.04 Å². The van der Waals surface area contributed by atoms with E-state index in [0.717, 1.165) is 6.42 Å². The molecular weight excluding hydrogens is 309 g/mol. The SMILES string of the molecule is CC(C)C[C@H](O)[C@H](O)[C@@H](N)CC1CCCCC1.O=P(O)(O)O. The van der Waals surface area contributed by atoms with Gasteiger partial charge >= 0.3 is 7.82 Å². The summed E-state index contributed by atoms with van der Waals surface area (Å²) in [5, 5.41) is 19.8. The topological polar surface area (TPSA) is 144 Å². The summed E-state index contributed by atoms with van der Waals surface area (Å²) in [6.45, 7) is 4.09. The molecule has 1 saturated carbocycles. The van der Waals surface area contributed by atoms with Gasteiger partial charge in [-0.3, -0.25) is 0 Å². The molecule has 0 amide bonds. The van der Waals surface area contributed by atoms with E-state index >= 15 is 0 Å². The van der Waals surface area contributed by atoms with Crippen molar-refractivity contribution < 1.29 is 29.5 Å². The third-order valence-corrected chi connectivity index (χ3v) is 3.88. The van der Waals surface area contributed by atoms with Crippen LogP contribution in [0.3, 0.4) is 0 Å². The van der Waals surface area contributed by atoms with E-state index in [4.69, 9.17) is 25.0 Å². The summed E-state index contributed by atoms with van der Waals surface area (Å²) in [6, 6.07) is -0.271. The second-order valence-corrected chi connectivity index (χ2v) is 7.63. The lowest BCUT2D eigenvalue weighted by atomic mass is 9.83. The maximum absolute atomic E-state index is 9.99. The van der Waals surface area contributed by atoms with Crippen molar-refractivity contribution in [1.29, 1.82) is 0 Å². The molecule has 1 rings (SSSR count). The van der Waals surface area contributed by atoms with Crippen LogP contribution < -0.4 is 5.73 Å². The zero-order valence-electron chi connectivity index (χ0n) is 13.5. The molecule has 0 aliphatic heterocycles. The molecule has 7 N–H and O–H groups in total. The van der Waals surface area contributed by atoms with Crippen LogP contribution in [0.5, 0.6) is 0 Å². The van der Waals surface area contributed by atoms with Crippen LogP contribution in [0.1, 0.15) is 58.8 Å². The molecule has 0 heterocycles. The largest absolute Gasteiger partial charge is 0.466 e. The maximum Gasteiger partial charge on any atom is 0.466 e. The molecule has 0 bridgehead atoms. The molecule has 1 fully saturated rings. The maximum atomic E-state index is 9.99. The van der Waals surface area contributed by atoms with Crippen LogP contribution in [0, 0.1) is 11.8 Å². The summed E-state index contributed by atoms with van der Waals surface area (Å²) in [7, 11) is -4.64. The molecule has 1 aliphatic rings. The van der Waals surface area contributed by atoms with E-state index in [1.807, 2.05) is 13.8 Å². The van der Waals surface area contributed by atoms with Crippen molar-refractivity contribution >= 4 is 7.82 Å². The molecule has 0 aromatic rings. The average molecular weight is 341 g/mol. The summed E-state index contributed by atoms with van der Waals surface area (Å²) in [4.78, 5) is 21.6. The molecule has 0 spiro atoms. The third-order valence-electron chi connectivity index (χ3n) is 3.88. The van der Waals surface area contributed by atoms with Crippen LogP contribution in [-0.4, -0.2) is 43.1 Å². The van der Waals surface area contributed by atoms with Gasteiger partial charge < -0.3 is 30.6 Å². The summed E-state index contributed by atoms with van der Waals surface area (Å²) < 4.78 is 8.88. The van der Waals surface area contributed by atoms with Gasteiger partial charge in [0.15, 0.2) is 0 Å². The predicted molar refractivity (Wildman–Crippen MR) is 84.9 cm³/mol. The predicted octanol–water partition coefficient (Wildman–Crippen LogP) is 1.12. The molecule has 0 saturated heterocycles. The van der Waals surface area contributed by atoms with Crippen molar-refractivity contribution in [2.45, 2.75) is 77.0 Å². The van der Waals surface area contributed by atoms with Crippen LogP contribution in [0.4, 0.5) is 0 Å². The highest BCUT2D eigenvalue weighted by molar-refractivity contribution is 7.45. The van der Waals surface area contributed by atoms with Gasteiger partial charge in [-0.15, -0.1) is 0 Å². The standard InChI is InChI=1S/C14H29NO2.H3O4P/c1-10(2)8-13(16)14(17)12(15)9-11-6-4-3-5-7-11;1-5(2,3)4/h10-14,16-17H,3-9,15H2,1-2H3;(H3,1,2,3,4)/t12-,13-,14+;/m0./s1. The smallest absolute Gasteiger partial charge is 0.390 e. The lowest BCUT2D eigenvalue weighted by molar-refractivity contribution is -0.0117. The van der Waals surface area contributed by atoms with Gasteiger partial charge in [-0.25, -0.2) is 4.57 Å². The van der Waals surface area contributed by atoms with E-state index in [0.29, 0.717) is 18.3 Å². The van der Waals surface area contributed by atoms with Gasteiger partial charge in [0.25, 0.3) is 0 Å². The summed E-state index contributed by atoms with van der Waals surface area (Å²) in [5.41, 5.74) is 6.01. The Labute approximate surface area is 132 Å². The first kappa shape index (κ1) is 22.0. The van der Waals surface area contributed by atoms with Crippen molar-refractivity contribution in [3.05, 3.63) is 0 Å². The second-order valence-electron chi connectivity index (χ2n) is 6.60.